The van der Waals surface area contributed by atoms with Crippen LogP contribution in [0, 0.1) is 11.3 Å². The largest absolute Gasteiger partial charge is 0.461 e. The number of esters is 1. The van der Waals surface area contributed by atoms with Crippen LogP contribution >= 0.6 is 11.8 Å². The highest BCUT2D eigenvalue weighted by Gasteiger charge is 2.26. The monoisotopic (exact) mass is 420 g/mol. The van der Waals surface area contributed by atoms with Crippen LogP contribution in [0.3, 0.4) is 0 Å². The Labute approximate surface area is 178 Å². The fourth-order valence-corrected chi connectivity index (χ4v) is 3.43. The van der Waals surface area contributed by atoms with Crippen molar-refractivity contribution in [3.63, 3.8) is 0 Å². The maximum absolute atomic E-state index is 12.7. The van der Waals surface area contributed by atoms with E-state index in [0.29, 0.717) is 22.8 Å². The van der Waals surface area contributed by atoms with E-state index in [2.05, 4.69) is 10.3 Å². The first-order valence-electron chi connectivity index (χ1n) is 9.24. The number of hydrogen-bond donors (Lipinski definition) is 1. The van der Waals surface area contributed by atoms with E-state index in [1.54, 1.807) is 35.8 Å². The van der Waals surface area contributed by atoms with Crippen LogP contribution in [0.1, 0.15) is 38.9 Å². The summed E-state index contributed by atoms with van der Waals surface area (Å²) in [6.45, 7) is 2.33. The van der Waals surface area contributed by atoms with Crippen molar-refractivity contribution in [3.8, 4) is 6.07 Å². The smallest absolute Gasteiger partial charge is 0.358 e. The summed E-state index contributed by atoms with van der Waals surface area (Å²) < 4.78 is 6.97. The number of amides is 1. The van der Waals surface area contributed by atoms with Crippen molar-refractivity contribution in [2.45, 2.75) is 18.6 Å². The molecular formula is C22H20N4O3S. The summed E-state index contributed by atoms with van der Waals surface area (Å²) in [7, 11) is 0. The number of anilines is 1. The van der Waals surface area contributed by atoms with Crippen LogP contribution in [0.25, 0.3) is 0 Å². The molecule has 0 unspecified atom stereocenters. The van der Waals surface area contributed by atoms with Gasteiger partial charge in [-0.2, -0.15) is 5.26 Å². The van der Waals surface area contributed by atoms with Gasteiger partial charge in [-0.1, -0.05) is 42.1 Å². The zero-order chi connectivity index (χ0) is 21.5. The van der Waals surface area contributed by atoms with E-state index in [4.69, 9.17) is 10.00 Å². The van der Waals surface area contributed by atoms with E-state index in [1.807, 2.05) is 42.7 Å². The lowest BCUT2D eigenvalue weighted by atomic mass is 10.1. The molecule has 7 nitrogen and oxygen atoms in total. The van der Waals surface area contributed by atoms with Gasteiger partial charge in [-0.15, -0.1) is 0 Å². The second-order valence-electron chi connectivity index (χ2n) is 6.23. The Bertz CT molecular complexity index is 1090. The standard InChI is InChI=1S/C22H20N4O3S/c1-3-29-21(28)18-19(24-20(27)17-11-9-15(13-23)10-12-17)25-22(30-2)26(18)14-16-7-5-4-6-8-16/h4-12H,3,14H2,1-2H3,(H,24,27). The lowest BCUT2D eigenvalue weighted by molar-refractivity contribution is 0.0514. The molecule has 1 N–H and O–H groups in total. The molecular weight excluding hydrogens is 400 g/mol. The van der Waals surface area contributed by atoms with Gasteiger partial charge in [0, 0.05) is 5.56 Å². The highest BCUT2D eigenvalue weighted by atomic mass is 32.2. The number of rotatable bonds is 7. The molecule has 0 aliphatic carbocycles. The van der Waals surface area contributed by atoms with Crippen LogP contribution in [0.5, 0.6) is 0 Å². The Hall–Kier alpha value is -3.57. The second kappa shape index (κ2) is 9.76. The predicted molar refractivity (Wildman–Crippen MR) is 115 cm³/mol. The fraction of sp³-hybridized carbons (Fsp3) is 0.182. The number of aromatic nitrogens is 2. The van der Waals surface area contributed by atoms with Crippen LogP contribution in [0.15, 0.2) is 59.8 Å². The lowest BCUT2D eigenvalue weighted by Crippen LogP contribution is -2.18. The second-order valence-corrected chi connectivity index (χ2v) is 7.00. The number of thioether (sulfide) groups is 1. The summed E-state index contributed by atoms with van der Waals surface area (Å²) in [4.78, 5) is 29.9. The highest BCUT2D eigenvalue weighted by molar-refractivity contribution is 7.98. The minimum atomic E-state index is -0.559. The van der Waals surface area contributed by atoms with Gasteiger partial charge in [0.15, 0.2) is 16.7 Å². The van der Waals surface area contributed by atoms with Gasteiger partial charge in [-0.05, 0) is 43.0 Å². The van der Waals surface area contributed by atoms with Gasteiger partial charge in [0.25, 0.3) is 5.91 Å². The van der Waals surface area contributed by atoms with Gasteiger partial charge in [0.05, 0.1) is 24.8 Å². The first kappa shape index (κ1) is 21.1. The molecule has 0 fully saturated rings. The summed E-state index contributed by atoms with van der Waals surface area (Å²) in [6.07, 6.45) is 1.85. The topological polar surface area (TPSA) is 97.0 Å². The first-order chi connectivity index (χ1) is 14.6. The molecule has 0 aliphatic rings. The Morgan fingerprint density at radius 2 is 1.87 bits per heavy atom. The van der Waals surface area contributed by atoms with E-state index < -0.39 is 11.9 Å². The Morgan fingerprint density at radius 3 is 2.47 bits per heavy atom. The molecule has 1 heterocycles. The fourth-order valence-electron chi connectivity index (χ4n) is 2.87. The van der Waals surface area contributed by atoms with Crippen LogP contribution in [-0.2, 0) is 11.3 Å². The number of carbonyl (C=O) groups is 2. The van der Waals surface area contributed by atoms with Gasteiger partial charge >= 0.3 is 5.97 Å². The third-order valence-corrected chi connectivity index (χ3v) is 4.95. The third kappa shape index (κ3) is 4.70. The maximum Gasteiger partial charge on any atom is 0.358 e. The minimum absolute atomic E-state index is 0.142. The van der Waals surface area contributed by atoms with Crippen molar-refractivity contribution in [2.24, 2.45) is 0 Å². The Morgan fingerprint density at radius 1 is 1.17 bits per heavy atom. The number of hydrogen-bond acceptors (Lipinski definition) is 6. The maximum atomic E-state index is 12.7. The number of imidazole rings is 1. The molecule has 0 atom stereocenters. The molecule has 0 aliphatic heterocycles. The number of carbonyl (C=O) groups excluding carboxylic acids is 2. The van der Waals surface area contributed by atoms with E-state index in [-0.39, 0.29) is 18.1 Å². The van der Waals surface area contributed by atoms with Crippen molar-refractivity contribution < 1.29 is 14.3 Å². The molecule has 30 heavy (non-hydrogen) atoms. The number of nitrogens with one attached hydrogen (secondary N) is 1. The van der Waals surface area contributed by atoms with Crippen LogP contribution < -0.4 is 5.32 Å². The first-order valence-corrected chi connectivity index (χ1v) is 10.5. The molecule has 0 saturated carbocycles. The van der Waals surface area contributed by atoms with Crippen molar-refractivity contribution >= 4 is 29.5 Å². The van der Waals surface area contributed by atoms with E-state index in [1.165, 1.54) is 11.8 Å². The van der Waals surface area contributed by atoms with Gasteiger partial charge in [0.2, 0.25) is 0 Å². The van der Waals surface area contributed by atoms with Gasteiger partial charge in [-0.3, -0.25) is 4.79 Å². The van der Waals surface area contributed by atoms with Crippen molar-refractivity contribution in [1.82, 2.24) is 9.55 Å². The number of benzene rings is 2. The lowest BCUT2D eigenvalue weighted by Gasteiger charge is -2.11. The van der Waals surface area contributed by atoms with Gasteiger partial charge < -0.3 is 14.6 Å². The van der Waals surface area contributed by atoms with Crippen molar-refractivity contribution in [3.05, 3.63) is 77.0 Å². The third-order valence-electron chi connectivity index (χ3n) is 4.28. The molecule has 2 aromatic carbocycles. The van der Waals surface area contributed by atoms with Crippen molar-refractivity contribution in [2.75, 3.05) is 18.2 Å². The van der Waals surface area contributed by atoms with Crippen LogP contribution in [-0.4, -0.2) is 34.3 Å². The highest BCUT2D eigenvalue weighted by Crippen LogP contribution is 2.26. The molecule has 1 amide bonds. The van der Waals surface area contributed by atoms with E-state index in [0.717, 1.165) is 5.56 Å². The average molecular weight is 420 g/mol. The van der Waals surface area contributed by atoms with E-state index in [9.17, 15) is 9.59 Å². The number of ether oxygens (including phenoxy) is 1. The normalized spacial score (nSPS) is 10.3. The van der Waals surface area contributed by atoms with Gasteiger partial charge in [-0.25, -0.2) is 9.78 Å². The predicted octanol–water partition coefficient (Wildman–Crippen LogP) is 3.95. The molecule has 1 aromatic heterocycles. The van der Waals surface area contributed by atoms with Gasteiger partial charge in [0.1, 0.15) is 0 Å². The molecule has 0 radical (unpaired) electrons. The summed E-state index contributed by atoms with van der Waals surface area (Å²) in [6, 6.07) is 17.9. The summed E-state index contributed by atoms with van der Waals surface area (Å²) >= 11 is 1.37. The summed E-state index contributed by atoms with van der Waals surface area (Å²) in [5.74, 6) is -0.846. The molecule has 0 saturated heterocycles. The average Bonchev–Trinajstić information content (AvgIpc) is 3.11. The number of nitriles is 1. The zero-order valence-electron chi connectivity index (χ0n) is 16.6. The molecule has 3 aromatic rings. The van der Waals surface area contributed by atoms with E-state index >= 15 is 0 Å². The Balaban J connectivity index is 1.99. The molecule has 0 bridgehead atoms. The van der Waals surface area contributed by atoms with Crippen molar-refractivity contribution in [1.29, 1.82) is 5.26 Å². The molecule has 3 rings (SSSR count). The zero-order valence-corrected chi connectivity index (χ0v) is 17.4. The molecule has 0 spiro atoms. The summed E-state index contributed by atoms with van der Waals surface area (Å²) in [5, 5.41) is 12.2. The SMILES string of the molecule is CCOC(=O)c1c(NC(=O)c2ccc(C#N)cc2)nc(SC)n1Cc1ccccc1. The van der Waals surface area contributed by atoms with Crippen LogP contribution in [0.4, 0.5) is 5.82 Å². The Kier molecular flexibility index (Phi) is 6.88. The minimum Gasteiger partial charge on any atom is -0.461 e. The van der Waals surface area contributed by atoms with Crippen LogP contribution in [0.2, 0.25) is 0 Å². The quantitative estimate of drug-likeness (QED) is 0.459. The molecule has 152 valence electrons. The molecule has 8 heteroatoms. The number of nitrogens with zero attached hydrogens (tertiary/aromatic N) is 3. The summed E-state index contributed by atoms with van der Waals surface area (Å²) in [5.41, 5.74) is 1.98.